The lowest BCUT2D eigenvalue weighted by Crippen LogP contribution is -2.29. The molecule has 0 saturated carbocycles. The van der Waals surface area contributed by atoms with Crippen LogP contribution in [0.1, 0.15) is 6.42 Å². The minimum atomic E-state index is -1.65. The normalized spacial score (nSPS) is 14.5. The minimum Gasteiger partial charge on any atom is -0.481 e. The molecule has 0 spiro atoms. The van der Waals surface area contributed by atoms with Crippen LogP contribution >= 0.6 is 0 Å². The van der Waals surface area contributed by atoms with Crippen molar-refractivity contribution < 1.29 is 39.8 Å². The number of rotatable bonds is 8. The predicted octanol–water partition coefficient (Wildman–Crippen LogP) is -1.78. The lowest BCUT2D eigenvalue weighted by atomic mass is 10.3. The fourth-order valence-electron chi connectivity index (χ4n) is 0.574. The Kier molecular flexibility index (Phi) is 6.54. The van der Waals surface area contributed by atoms with Crippen LogP contribution in [0.2, 0.25) is 0 Å². The highest BCUT2D eigenvalue weighted by Gasteiger charge is 2.23. The van der Waals surface area contributed by atoms with Gasteiger partial charge in [-0.15, -0.1) is 0 Å². The monoisotopic (exact) mass is 224 g/mol. The number of hydrogen-bond acceptors (Lipinski definition) is 6. The van der Waals surface area contributed by atoms with Crippen LogP contribution in [-0.2, 0) is 19.4 Å². The van der Waals surface area contributed by atoms with E-state index in [9.17, 15) is 9.59 Å². The fraction of sp³-hybridized carbons (Fsp3) is 0.714. The molecule has 4 N–H and O–H groups in total. The van der Waals surface area contributed by atoms with E-state index in [1.165, 1.54) is 0 Å². The van der Waals surface area contributed by atoms with Gasteiger partial charge in [0.25, 0.3) is 0 Å². The van der Waals surface area contributed by atoms with Gasteiger partial charge in [-0.05, 0) is 0 Å². The van der Waals surface area contributed by atoms with Gasteiger partial charge in [-0.1, -0.05) is 0 Å². The molecule has 15 heavy (non-hydrogen) atoms. The first-order valence-corrected chi connectivity index (χ1v) is 3.99. The molecule has 0 aromatic rings. The summed E-state index contributed by atoms with van der Waals surface area (Å²) < 4.78 is 0. The summed E-state index contributed by atoms with van der Waals surface area (Å²) in [5, 5.41) is 33.9. The van der Waals surface area contributed by atoms with Crippen molar-refractivity contribution in [3.8, 4) is 0 Å². The van der Waals surface area contributed by atoms with E-state index < -0.39 is 43.8 Å². The van der Waals surface area contributed by atoms with E-state index in [-0.39, 0.29) is 0 Å². The molecular formula is C7H12O8. The Bertz CT molecular complexity index is 215. The molecule has 0 aliphatic heterocycles. The zero-order valence-corrected chi connectivity index (χ0v) is 7.70. The molecule has 2 atom stereocenters. The summed E-state index contributed by atoms with van der Waals surface area (Å²) >= 11 is 0. The molecule has 0 aromatic carbocycles. The smallest absolute Gasteiger partial charge is 0.336 e. The molecule has 0 bridgehead atoms. The lowest BCUT2D eigenvalue weighted by Gasteiger charge is -2.11. The predicted molar refractivity (Wildman–Crippen MR) is 43.8 cm³/mol. The van der Waals surface area contributed by atoms with Crippen molar-refractivity contribution in [2.75, 3.05) is 13.2 Å². The van der Waals surface area contributed by atoms with Gasteiger partial charge in [0, 0.05) is 0 Å². The number of hydrogen-bond donors (Lipinski definition) is 4. The average molecular weight is 224 g/mol. The Morgan fingerprint density at radius 3 is 2.27 bits per heavy atom. The maximum Gasteiger partial charge on any atom is 0.336 e. The third kappa shape index (κ3) is 6.80. The molecule has 0 aliphatic carbocycles. The number of aliphatic hydroxyl groups excluding tert-OH is 2. The van der Waals surface area contributed by atoms with E-state index in [4.69, 9.17) is 20.4 Å². The largest absolute Gasteiger partial charge is 0.481 e. The number of carbonyl (C=O) groups is 2. The first-order valence-electron chi connectivity index (χ1n) is 3.99. The summed E-state index contributed by atoms with van der Waals surface area (Å²) in [5.74, 6) is -2.84. The summed E-state index contributed by atoms with van der Waals surface area (Å²) in [6.07, 6.45) is -3.61. The maximum absolute atomic E-state index is 10.4. The quantitative estimate of drug-likeness (QED) is 0.281. The van der Waals surface area contributed by atoms with Gasteiger partial charge >= 0.3 is 11.9 Å². The summed E-state index contributed by atoms with van der Waals surface area (Å²) in [4.78, 5) is 29.1. The van der Waals surface area contributed by atoms with Crippen LogP contribution in [0.3, 0.4) is 0 Å². The highest BCUT2D eigenvalue weighted by molar-refractivity contribution is 5.79. The Morgan fingerprint density at radius 2 is 1.87 bits per heavy atom. The van der Waals surface area contributed by atoms with Crippen LogP contribution < -0.4 is 0 Å². The second-order valence-electron chi connectivity index (χ2n) is 2.64. The van der Waals surface area contributed by atoms with Gasteiger partial charge in [-0.3, -0.25) is 4.79 Å². The topological polar surface area (TPSA) is 134 Å². The molecule has 0 fully saturated rings. The van der Waals surface area contributed by atoms with Crippen LogP contribution in [0.5, 0.6) is 0 Å². The first-order chi connectivity index (χ1) is 6.97. The van der Waals surface area contributed by atoms with Crippen LogP contribution in [0.15, 0.2) is 0 Å². The molecule has 0 rings (SSSR count). The van der Waals surface area contributed by atoms with Crippen LogP contribution in [0.4, 0.5) is 0 Å². The third-order valence-corrected chi connectivity index (χ3v) is 1.29. The van der Waals surface area contributed by atoms with Gasteiger partial charge in [-0.2, -0.15) is 0 Å². The summed E-state index contributed by atoms with van der Waals surface area (Å²) in [5.41, 5.74) is 0. The van der Waals surface area contributed by atoms with E-state index in [1.54, 1.807) is 0 Å². The molecule has 8 nitrogen and oxygen atoms in total. The van der Waals surface area contributed by atoms with Gasteiger partial charge < -0.3 is 20.4 Å². The summed E-state index contributed by atoms with van der Waals surface area (Å²) in [6.45, 7) is -1.01. The maximum atomic E-state index is 10.4. The molecule has 0 aromatic heterocycles. The highest BCUT2D eigenvalue weighted by Crippen LogP contribution is 2.00. The Hall–Kier alpha value is -1.22. The molecule has 0 radical (unpaired) electrons. The molecule has 0 heterocycles. The molecule has 88 valence electrons. The molecule has 0 amide bonds. The molecule has 2 unspecified atom stereocenters. The van der Waals surface area contributed by atoms with Crippen molar-refractivity contribution in [2.24, 2.45) is 0 Å². The molecule has 8 heteroatoms. The molecule has 0 saturated heterocycles. The second-order valence-corrected chi connectivity index (χ2v) is 2.64. The Labute approximate surface area is 84.6 Å². The number of carboxylic acid groups (broad SMARTS) is 2. The van der Waals surface area contributed by atoms with Crippen LogP contribution in [0, 0.1) is 0 Å². The van der Waals surface area contributed by atoms with Gasteiger partial charge in [-0.25, -0.2) is 14.6 Å². The summed E-state index contributed by atoms with van der Waals surface area (Å²) in [6, 6.07) is 0. The van der Waals surface area contributed by atoms with Crippen molar-refractivity contribution in [1.29, 1.82) is 0 Å². The van der Waals surface area contributed by atoms with Gasteiger partial charge in [0.15, 0.2) is 6.10 Å². The van der Waals surface area contributed by atoms with E-state index in [1.807, 2.05) is 0 Å². The first kappa shape index (κ1) is 13.8. The van der Waals surface area contributed by atoms with Crippen molar-refractivity contribution in [3.05, 3.63) is 0 Å². The van der Waals surface area contributed by atoms with Gasteiger partial charge in [0.05, 0.1) is 13.0 Å². The Morgan fingerprint density at radius 1 is 1.27 bits per heavy atom. The van der Waals surface area contributed by atoms with E-state index >= 15 is 0 Å². The zero-order valence-electron chi connectivity index (χ0n) is 7.70. The molecular weight excluding hydrogens is 212 g/mol. The molecule has 0 aliphatic rings. The Balaban J connectivity index is 3.86. The number of carboxylic acids is 2. The average Bonchev–Trinajstić information content (AvgIpc) is 2.15. The minimum absolute atomic E-state index is 0.445. The van der Waals surface area contributed by atoms with Crippen molar-refractivity contribution in [3.63, 3.8) is 0 Å². The van der Waals surface area contributed by atoms with Crippen LogP contribution in [-0.4, -0.2) is 57.8 Å². The summed E-state index contributed by atoms with van der Waals surface area (Å²) in [7, 11) is 0. The third-order valence-electron chi connectivity index (χ3n) is 1.29. The zero-order chi connectivity index (χ0) is 11.8. The van der Waals surface area contributed by atoms with E-state index in [0.29, 0.717) is 0 Å². The lowest BCUT2D eigenvalue weighted by molar-refractivity contribution is -0.329. The van der Waals surface area contributed by atoms with Gasteiger partial charge in [0.1, 0.15) is 12.7 Å². The SMILES string of the molecule is O=C(O)CC(OOCC(O)CO)C(=O)O. The van der Waals surface area contributed by atoms with Crippen LogP contribution in [0.25, 0.3) is 0 Å². The highest BCUT2D eigenvalue weighted by atomic mass is 17.2. The fourth-order valence-corrected chi connectivity index (χ4v) is 0.574. The number of aliphatic hydroxyl groups is 2. The van der Waals surface area contributed by atoms with Crippen molar-refractivity contribution >= 4 is 11.9 Å². The van der Waals surface area contributed by atoms with Crippen molar-refractivity contribution in [1.82, 2.24) is 0 Å². The van der Waals surface area contributed by atoms with E-state index in [0.717, 1.165) is 0 Å². The number of aliphatic carboxylic acids is 2. The standard InChI is InChI=1S/C7H12O8/c8-2-4(9)3-14-15-5(7(12)13)1-6(10)11/h4-5,8-9H,1-3H2,(H,10,11)(H,12,13). The second kappa shape index (κ2) is 7.12. The van der Waals surface area contributed by atoms with E-state index in [2.05, 4.69) is 9.78 Å². The van der Waals surface area contributed by atoms with Crippen molar-refractivity contribution in [2.45, 2.75) is 18.6 Å². The van der Waals surface area contributed by atoms with Gasteiger partial charge in [0.2, 0.25) is 0 Å².